The van der Waals surface area contributed by atoms with Gasteiger partial charge in [-0.25, -0.2) is 0 Å². The van der Waals surface area contributed by atoms with E-state index in [1.807, 2.05) is 0 Å². The third kappa shape index (κ3) is 4.37. The molecule has 1 aliphatic carbocycles. The molecule has 1 fully saturated rings. The molecule has 0 aromatic heterocycles. The highest BCUT2D eigenvalue weighted by Gasteiger charge is 2.23. The molecule has 0 aliphatic heterocycles. The van der Waals surface area contributed by atoms with E-state index in [1.165, 1.54) is 12.5 Å². The number of amides is 2. The molecule has 22 heavy (non-hydrogen) atoms. The molecular weight excluding hydrogens is 304 g/mol. The van der Waals surface area contributed by atoms with Crippen molar-refractivity contribution in [2.75, 3.05) is 6.61 Å². The molecule has 0 radical (unpaired) electrons. The SMILES string of the molecule is C[C@H]1CCCC[C@@H]1NC(=O)COc1ccc(Cl)cc1C(N)=O. The predicted molar refractivity (Wildman–Crippen MR) is 85.0 cm³/mol. The zero-order valence-corrected chi connectivity index (χ0v) is 13.4. The maximum Gasteiger partial charge on any atom is 0.258 e. The van der Waals surface area contributed by atoms with Crippen LogP contribution in [0, 0.1) is 5.92 Å². The van der Waals surface area contributed by atoms with E-state index in [1.54, 1.807) is 12.1 Å². The number of primary amides is 1. The van der Waals surface area contributed by atoms with E-state index in [9.17, 15) is 9.59 Å². The molecule has 1 aromatic carbocycles. The Morgan fingerprint density at radius 1 is 1.36 bits per heavy atom. The Labute approximate surface area is 135 Å². The molecule has 2 atom stereocenters. The first kappa shape index (κ1) is 16.6. The van der Waals surface area contributed by atoms with Gasteiger partial charge in [0.25, 0.3) is 11.8 Å². The van der Waals surface area contributed by atoms with Gasteiger partial charge in [-0.2, -0.15) is 0 Å². The van der Waals surface area contributed by atoms with Crippen molar-refractivity contribution in [1.82, 2.24) is 5.32 Å². The molecule has 2 amide bonds. The number of hydrogen-bond donors (Lipinski definition) is 2. The Morgan fingerprint density at radius 3 is 2.77 bits per heavy atom. The second-order valence-corrected chi connectivity index (χ2v) is 6.17. The van der Waals surface area contributed by atoms with E-state index in [4.69, 9.17) is 22.1 Å². The molecule has 0 saturated heterocycles. The first-order valence-electron chi connectivity index (χ1n) is 7.49. The normalized spacial score (nSPS) is 21.2. The van der Waals surface area contributed by atoms with Crippen LogP contribution in [-0.2, 0) is 4.79 Å². The van der Waals surface area contributed by atoms with Gasteiger partial charge in [-0.05, 0) is 37.0 Å². The average Bonchev–Trinajstić information content (AvgIpc) is 2.48. The summed E-state index contributed by atoms with van der Waals surface area (Å²) >= 11 is 5.83. The Bertz CT molecular complexity index is 562. The molecule has 3 N–H and O–H groups in total. The minimum Gasteiger partial charge on any atom is -0.483 e. The molecule has 0 heterocycles. The summed E-state index contributed by atoms with van der Waals surface area (Å²) < 4.78 is 5.42. The molecule has 0 bridgehead atoms. The fraction of sp³-hybridized carbons (Fsp3) is 0.500. The van der Waals surface area contributed by atoms with Gasteiger partial charge in [0.1, 0.15) is 5.75 Å². The number of nitrogens with two attached hydrogens (primary N) is 1. The largest absolute Gasteiger partial charge is 0.483 e. The van der Waals surface area contributed by atoms with Crippen LogP contribution in [0.25, 0.3) is 0 Å². The number of rotatable bonds is 5. The first-order chi connectivity index (χ1) is 10.5. The first-order valence-corrected chi connectivity index (χ1v) is 7.86. The van der Waals surface area contributed by atoms with E-state index >= 15 is 0 Å². The van der Waals surface area contributed by atoms with Gasteiger partial charge in [-0.1, -0.05) is 31.4 Å². The molecule has 0 spiro atoms. The summed E-state index contributed by atoms with van der Waals surface area (Å²) in [5, 5.41) is 3.38. The fourth-order valence-corrected chi connectivity index (χ4v) is 2.92. The fourth-order valence-electron chi connectivity index (χ4n) is 2.74. The minimum atomic E-state index is -0.640. The summed E-state index contributed by atoms with van der Waals surface area (Å²) in [5.74, 6) is -0.0823. The monoisotopic (exact) mass is 324 g/mol. The van der Waals surface area contributed by atoms with Crippen LogP contribution in [0.3, 0.4) is 0 Å². The van der Waals surface area contributed by atoms with E-state index in [0.29, 0.717) is 10.9 Å². The molecule has 6 heteroatoms. The number of benzene rings is 1. The van der Waals surface area contributed by atoms with E-state index in [-0.39, 0.29) is 29.9 Å². The zero-order chi connectivity index (χ0) is 16.1. The number of halogens is 1. The topological polar surface area (TPSA) is 81.4 Å². The van der Waals surface area contributed by atoms with Crippen LogP contribution in [-0.4, -0.2) is 24.5 Å². The summed E-state index contributed by atoms with van der Waals surface area (Å²) in [4.78, 5) is 23.4. The quantitative estimate of drug-likeness (QED) is 0.873. The summed E-state index contributed by atoms with van der Waals surface area (Å²) in [6, 6.07) is 4.76. The molecule has 5 nitrogen and oxygen atoms in total. The van der Waals surface area contributed by atoms with E-state index < -0.39 is 5.91 Å². The van der Waals surface area contributed by atoms with Gasteiger partial charge in [0, 0.05) is 11.1 Å². The van der Waals surface area contributed by atoms with Gasteiger partial charge in [0.05, 0.1) is 5.56 Å². The second kappa shape index (κ2) is 7.49. The lowest BCUT2D eigenvalue weighted by atomic mass is 9.86. The summed E-state index contributed by atoms with van der Waals surface area (Å²) in [5.41, 5.74) is 5.45. The van der Waals surface area contributed by atoms with Crippen LogP contribution < -0.4 is 15.8 Å². The molecule has 1 saturated carbocycles. The maximum absolute atomic E-state index is 12.0. The van der Waals surface area contributed by atoms with Crippen LogP contribution in [0.1, 0.15) is 43.0 Å². The van der Waals surface area contributed by atoms with Crippen molar-refractivity contribution in [2.24, 2.45) is 11.7 Å². The van der Waals surface area contributed by atoms with Gasteiger partial charge >= 0.3 is 0 Å². The van der Waals surface area contributed by atoms with Gasteiger partial charge < -0.3 is 15.8 Å². The lowest BCUT2D eigenvalue weighted by Crippen LogP contribution is -2.43. The zero-order valence-electron chi connectivity index (χ0n) is 12.6. The Kier molecular flexibility index (Phi) is 5.66. The Morgan fingerprint density at radius 2 is 2.09 bits per heavy atom. The molecule has 120 valence electrons. The van der Waals surface area contributed by atoms with Crippen molar-refractivity contribution in [2.45, 2.75) is 38.6 Å². The molecular formula is C16H21ClN2O3. The Balaban J connectivity index is 1.92. The highest BCUT2D eigenvalue weighted by molar-refractivity contribution is 6.31. The molecule has 1 aromatic rings. The lowest BCUT2D eigenvalue weighted by Gasteiger charge is -2.29. The number of nitrogens with one attached hydrogen (secondary N) is 1. The number of ether oxygens (including phenoxy) is 1. The standard InChI is InChI=1S/C16H21ClN2O3/c1-10-4-2-3-5-13(10)19-15(20)9-22-14-7-6-11(17)8-12(14)16(18)21/h6-8,10,13H,2-5,9H2,1H3,(H2,18,21)(H,19,20)/t10-,13-/m0/s1. The van der Waals surface area contributed by atoms with Gasteiger partial charge in [-0.3, -0.25) is 9.59 Å². The van der Waals surface area contributed by atoms with Crippen LogP contribution >= 0.6 is 11.6 Å². The van der Waals surface area contributed by atoms with Gasteiger partial charge in [-0.15, -0.1) is 0 Å². The van der Waals surface area contributed by atoms with Crippen molar-refractivity contribution in [3.8, 4) is 5.75 Å². The van der Waals surface area contributed by atoms with Crippen molar-refractivity contribution < 1.29 is 14.3 Å². The van der Waals surface area contributed by atoms with Gasteiger partial charge in [0.2, 0.25) is 0 Å². The third-order valence-corrected chi connectivity index (χ3v) is 4.26. The van der Waals surface area contributed by atoms with Crippen LogP contribution in [0.4, 0.5) is 0 Å². The molecule has 0 unspecified atom stereocenters. The van der Waals surface area contributed by atoms with E-state index in [2.05, 4.69) is 12.2 Å². The second-order valence-electron chi connectivity index (χ2n) is 5.73. The number of carbonyl (C=O) groups excluding carboxylic acids is 2. The summed E-state index contributed by atoms with van der Waals surface area (Å²) in [6.45, 7) is 2.00. The lowest BCUT2D eigenvalue weighted by molar-refractivity contribution is -0.124. The van der Waals surface area contributed by atoms with Crippen molar-refractivity contribution >= 4 is 23.4 Å². The van der Waals surface area contributed by atoms with Crippen LogP contribution in [0.15, 0.2) is 18.2 Å². The van der Waals surface area contributed by atoms with Gasteiger partial charge in [0.15, 0.2) is 6.61 Å². The van der Waals surface area contributed by atoms with Crippen molar-refractivity contribution in [3.05, 3.63) is 28.8 Å². The summed E-state index contributed by atoms with van der Waals surface area (Å²) in [6.07, 6.45) is 4.49. The van der Waals surface area contributed by atoms with Crippen LogP contribution in [0.5, 0.6) is 5.75 Å². The Hall–Kier alpha value is -1.75. The number of carbonyl (C=O) groups is 2. The number of hydrogen-bond acceptors (Lipinski definition) is 3. The summed E-state index contributed by atoms with van der Waals surface area (Å²) in [7, 11) is 0. The molecule has 1 aliphatic rings. The van der Waals surface area contributed by atoms with Crippen molar-refractivity contribution in [1.29, 1.82) is 0 Å². The van der Waals surface area contributed by atoms with E-state index in [0.717, 1.165) is 19.3 Å². The highest BCUT2D eigenvalue weighted by Crippen LogP contribution is 2.24. The minimum absolute atomic E-state index is 0.148. The smallest absolute Gasteiger partial charge is 0.258 e. The average molecular weight is 325 g/mol. The molecule has 2 rings (SSSR count). The van der Waals surface area contributed by atoms with Crippen LogP contribution in [0.2, 0.25) is 5.02 Å². The highest BCUT2D eigenvalue weighted by atomic mass is 35.5. The maximum atomic E-state index is 12.0. The third-order valence-electron chi connectivity index (χ3n) is 4.02. The van der Waals surface area contributed by atoms with Crippen molar-refractivity contribution in [3.63, 3.8) is 0 Å². The predicted octanol–water partition coefficient (Wildman–Crippen LogP) is 2.51.